The molecule has 36 heavy (non-hydrogen) atoms. The first-order chi connectivity index (χ1) is 17.7. The summed E-state index contributed by atoms with van der Waals surface area (Å²) in [5.41, 5.74) is 7.88. The predicted molar refractivity (Wildman–Crippen MR) is 149 cm³/mol. The van der Waals surface area contributed by atoms with E-state index in [1.807, 2.05) is 18.2 Å². The van der Waals surface area contributed by atoms with Gasteiger partial charge in [0.2, 0.25) is 0 Å². The molecular formula is C31H34N4O. The number of amides is 1. The van der Waals surface area contributed by atoms with E-state index in [1.54, 1.807) is 0 Å². The molecule has 0 unspecified atom stereocenters. The van der Waals surface area contributed by atoms with Crippen LogP contribution < -0.4 is 15.5 Å². The van der Waals surface area contributed by atoms with Crippen molar-refractivity contribution in [2.45, 2.75) is 38.6 Å². The van der Waals surface area contributed by atoms with E-state index in [9.17, 15) is 4.79 Å². The van der Waals surface area contributed by atoms with Crippen molar-refractivity contribution in [1.82, 2.24) is 4.90 Å². The molecule has 3 aliphatic rings. The summed E-state index contributed by atoms with van der Waals surface area (Å²) in [6.07, 6.45) is 6.42. The van der Waals surface area contributed by atoms with Gasteiger partial charge in [-0.1, -0.05) is 48.9 Å². The van der Waals surface area contributed by atoms with Crippen molar-refractivity contribution in [1.29, 1.82) is 0 Å². The smallest absolute Gasteiger partial charge is 0.258 e. The topological polar surface area (TPSA) is 47.6 Å². The van der Waals surface area contributed by atoms with Gasteiger partial charge in [0.15, 0.2) is 0 Å². The second-order valence-corrected chi connectivity index (χ2v) is 10.2. The molecule has 3 aromatic carbocycles. The van der Waals surface area contributed by atoms with Crippen molar-refractivity contribution in [2.75, 3.05) is 41.7 Å². The Balaban J connectivity index is 1.31. The van der Waals surface area contributed by atoms with Gasteiger partial charge in [0, 0.05) is 36.6 Å². The highest BCUT2D eigenvalue weighted by molar-refractivity contribution is 6.37. The Morgan fingerprint density at radius 3 is 2.28 bits per heavy atom. The summed E-state index contributed by atoms with van der Waals surface area (Å²) in [5, 5.41) is 6.74. The molecule has 0 saturated carbocycles. The third-order valence-electron chi connectivity index (χ3n) is 7.61. The van der Waals surface area contributed by atoms with Gasteiger partial charge in [-0.2, -0.15) is 0 Å². The number of rotatable bonds is 6. The van der Waals surface area contributed by atoms with Gasteiger partial charge in [-0.05, 0) is 80.2 Å². The maximum atomic E-state index is 13.3. The highest BCUT2D eigenvalue weighted by Gasteiger charge is 2.29. The number of benzene rings is 3. The quantitative estimate of drug-likeness (QED) is 0.414. The van der Waals surface area contributed by atoms with Crippen LogP contribution in [0.3, 0.4) is 0 Å². The Morgan fingerprint density at radius 2 is 1.53 bits per heavy atom. The Labute approximate surface area is 213 Å². The molecular weight excluding hydrogens is 444 g/mol. The molecule has 5 heteroatoms. The molecule has 3 aromatic rings. The van der Waals surface area contributed by atoms with Gasteiger partial charge in [0.25, 0.3) is 5.91 Å². The highest BCUT2D eigenvalue weighted by Crippen LogP contribution is 2.40. The van der Waals surface area contributed by atoms with Gasteiger partial charge < -0.3 is 15.5 Å². The van der Waals surface area contributed by atoms with E-state index in [2.05, 4.69) is 75.0 Å². The van der Waals surface area contributed by atoms with Crippen molar-refractivity contribution in [3.05, 3.63) is 89.5 Å². The van der Waals surface area contributed by atoms with Crippen molar-refractivity contribution in [2.24, 2.45) is 0 Å². The van der Waals surface area contributed by atoms with Crippen LogP contribution in [-0.2, 0) is 11.3 Å². The molecule has 0 aliphatic carbocycles. The molecule has 2 N–H and O–H groups in total. The van der Waals surface area contributed by atoms with Gasteiger partial charge in [-0.3, -0.25) is 9.69 Å². The molecule has 0 atom stereocenters. The predicted octanol–water partition coefficient (Wildman–Crippen LogP) is 6.21. The fourth-order valence-electron chi connectivity index (χ4n) is 5.68. The second kappa shape index (κ2) is 10.2. The average molecular weight is 479 g/mol. The van der Waals surface area contributed by atoms with Crippen LogP contribution in [0.1, 0.15) is 48.8 Å². The van der Waals surface area contributed by atoms with Gasteiger partial charge in [0.1, 0.15) is 0 Å². The lowest BCUT2D eigenvalue weighted by Gasteiger charge is -2.26. The maximum Gasteiger partial charge on any atom is 0.258 e. The molecule has 0 bridgehead atoms. The van der Waals surface area contributed by atoms with E-state index in [4.69, 9.17) is 0 Å². The molecule has 5 nitrogen and oxygen atoms in total. The highest BCUT2D eigenvalue weighted by atomic mass is 16.2. The minimum Gasteiger partial charge on any atom is -0.371 e. The van der Waals surface area contributed by atoms with E-state index in [0.717, 1.165) is 47.8 Å². The number of hydrogen-bond donors (Lipinski definition) is 2. The van der Waals surface area contributed by atoms with Crippen LogP contribution in [0, 0.1) is 0 Å². The van der Waals surface area contributed by atoms with Crippen molar-refractivity contribution in [3.8, 4) is 0 Å². The van der Waals surface area contributed by atoms with Crippen LogP contribution in [0.25, 0.3) is 11.3 Å². The summed E-state index contributed by atoms with van der Waals surface area (Å²) in [5.74, 6) is -0.0587. The molecule has 184 valence electrons. The lowest BCUT2D eigenvalue weighted by atomic mass is 9.99. The van der Waals surface area contributed by atoms with Crippen molar-refractivity contribution < 1.29 is 4.79 Å². The number of likely N-dealkylation sites (tertiary alicyclic amines) is 1. The Morgan fingerprint density at radius 1 is 0.806 bits per heavy atom. The minimum absolute atomic E-state index is 0.0587. The first kappa shape index (κ1) is 22.9. The third-order valence-corrected chi connectivity index (χ3v) is 7.61. The fourth-order valence-corrected chi connectivity index (χ4v) is 5.68. The van der Waals surface area contributed by atoms with E-state index >= 15 is 0 Å². The molecule has 0 radical (unpaired) electrons. The zero-order valence-corrected chi connectivity index (χ0v) is 20.8. The van der Waals surface area contributed by atoms with Gasteiger partial charge in [0.05, 0.1) is 17.0 Å². The van der Waals surface area contributed by atoms with Crippen LogP contribution in [0.2, 0.25) is 0 Å². The zero-order chi connectivity index (χ0) is 24.3. The Kier molecular flexibility index (Phi) is 6.48. The normalized spacial score (nSPS) is 19.2. The van der Waals surface area contributed by atoms with E-state index in [0.29, 0.717) is 5.57 Å². The number of carbonyl (C=O) groups excluding carboxylic acids is 1. The summed E-state index contributed by atoms with van der Waals surface area (Å²) in [7, 11) is 0. The van der Waals surface area contributed by atoms with Crippen LogP contribution in [0.5, 0.6) is 0 Å². The average Bonchev–Trinajstić information content (AvgIpc) is 3.57. The Hall–Kier alpha value is -3.57. The van der Waals surface area contributed by atoms with Crippen molar-refractivity contribution in [3.63, 3.8) is 0 Å². The molecule has 2 fully saturated rings. The van der Waals surface area contributed by atoms with Gasteiger partial charge >= 0.3 is 0 Å². The summed E-state index contributed by atoms with van der Waals surface area (Å²) in [6.45, 7) is 5.55. The summed E-state index contributed by atoms with van der Waals surface area (Å²) in [6, 6.07) is 25.2. The van der Waals surface area contributed by atoms with Gasteiger partial charge in [-0.15, -0.1) is 0 Å². The zero-order valence-electron chi connectivity index (χ0n) is 20.8. The SMILES string of the molecule is O=C1Nc2cc(N3CCCC3)ccc2/C1=C(/Nc1ccc(CN2CCCCC2)cc1)c1ccccc1. The number of anilines is 3. The Bertz CT molecular complexity index is 1250. The first-order valence-corrected chi connectivity index (χ1v) is 13.3. The number of piperidine rings is 1. The molecule has 2 saturated heterocycles. The second-order valence-electron chi connectivity index (χ2n) is 10.2. The number of carbonyl (C=O) groups is 1. The fraction of sp³-hybridized carbons (Fsp3) is 0.323. The lowest BCUT2D eigenvalue weighted by molar-refractivity contribution is -0.110. The standard InChI is InChI=1S/C31H34N4O/c36-31-29(27-16-15-26(21-28(27)33-31)35-19-7-8-20-35)30(24-9-3-1-4-10-24)32-25-13-11-23(12-14-25)22-34-17-5-2-6-18-34/h1,3-4,9-16,21,32H,2,5-8,17-20,22H2,(H,33,36)/b30-29-. The summed E-state index contributed by atoms with van der Waals surface area (Å²) >= 11 is 0. The molecule has 3 heterocycles. The lowest BCUT2D eigenvalue weighted by Crippen LogP contribution is -2.29. The van der Waals surface area contributed by atoms with Crippen LogP contribution in [0.15, 0.2) is 72.8 Å². The van der Waals surface area contributed by atoms with Crippen molar-refractivity contribution >= 4 is 34.2 Å². The number of nitrogens with zero attached hydrogens (tertiary/aromatic N) is 2. The van der Waals surface area contributed by atoms with Crippen LogP contribution in [-0.4, -0.2) is 37.0 Å². The van der Waals surface area contributed by atoms with E-state index in [1.165, 1.54) is 56.4 Å². The molecule has 0 spiro atoms. The summed E-state index contributed by atoms with van der Waals surface area (Å²) in [4.78, 5) is 18.3. The van der Waals surface area contributed by atoms with Crippen LogP contribution >= 0.6 is 0 Å². The minimum atomic E-state index is -0.0587. The first-order valence-electron chi connectivity index (χ1n) is 13.3. The molecule has 3 aliphatic heterocycles. The van der Waals surface area contributed by atoms with Crippen LogP contribution in [0.4, 0.5) is 17.1 Å². The van der Waals surface area contributed by atoms with Gasteiger partial charge in [-0.25, -0.2) is 0 Å². The van der Waals surface area contributed by atoms with E-state index < -0.39 is 0 Å². The largest absolute Gasteiger partial charge is 0.371 e. The number of fused-ring (bicyclic) bond motifs is 1. The summed E-state index contributed by atoms with van der Waals surface area (Å²) < 4.78 is 0. The monoisotopic (exact) mass is 478 g/mol. The number of nitrogens with one attached hydrogen (secondary N) is 2. The molecule has 6 rings (SSSR count). The molecule has 1 amide bonds. The third kappa shape index (κ3) is 4.76. The number of hydrogen-bond acceptors (Lipinski definition) is 4. The van der Waals surface area contributed by atoms with E-state index in [-0.39, 0.29) is 5.91 Å². The maximum absolute atomic E-state index is 13.3. The molecule has 0 aromatic heterocycles.